The lowest BCUT2D eigenvalue weighted by molar-refractivity contribution is 0.181. The molecule has 5 heteroatoms. The maximum absolute atomic E-state index is 12.6. The molecule has 0 aliphatic carbocycles. The summed E-state index contributed by atoms with van der Waals surface area (Å²) >= 11 is 0. The molecule has 0 radical (unpaired) electrons. The van der Waals surface area contributed by atoms with Crippen LogP contribution in [0.4, 0.5) is 4.79 Å². The van der Waals surface area contributed by atoms with Gasteiger partial charge in [0.1, 0.15) is 0 Å². The van der Waals surface area contributed by atoms with Gasteiger partial charge in [0.05, 0.1) is 5.52 Å². The van der Waals surface area contributed by atoms with Crippen molar-refractivity contribution in [2.24, 2.45) is 0 Å². The van der Waals surface area contributed by atoms with Crippen LogP contribution in [-0.4, -0.2) is 67.2 Å². The molecule has 1 saturated heterocycles. The molecule has 1 aliphatic heterocycles. The van der Waals surface area contributed by atoms with E-state index in [1.165, 1.54) is 22.9 Å². The normalized spacial score (nSPS) is 15.0. The molecule has 2 heterocycles. The van der Waals surface area contributed by atoms with Crippen molar-refractivity contribution >= 4 is 16.9 Å². The zero-order valence-corrected chi connectivity index (χ0v) is 15.0. The van der Waals surface area contributed by atoms with Crippen molar-refractivity contribution in [3.63, 3.8) is 0 Å². The summed E-state index contributed by atoms with van der Waals surface area (Å²) in [7, 11) is 4.15. The summed E-state index contributed by atoms with van der Waals surface area (Å²) < 4.78 is 1.77. The van der Waals surface area contributed by atoms with E-state index >= 15 is 0 Å². The van der Waals surface area contributed by atoms with Gasteiger partial charge >= 0.3 is 6.03 Å². The number of amides is 1. The monoisotopic (exact) mass is 328 g/mol. The Morgan fingerprint density at radius 1 is 1.29 bits per heavy atom. The van der Waals surface area contributed by atoms with Gasteiger partial charge in [-0.25, -0.2) is 4.79 Å². The van der Waals surface area contributed by atoms with Gasteiger partial charge in [-0.2, -0.15) is 0 Å². The van der Waals surface area contributed by atoms with Crippen LogP contribution in [0.5, 0.6) is 0 Å². The third kappa shape index (κ3) is 3.79. The van der Waals surface area contributed by atoms with Crippen molar-refractivity contribution in [2.75, 3.05) is 46.8 Å². The predicted octanol–water partition coefficient (Wildman–Crippen LogP) is 2.32. The lowest BCUT2D eigenvalue weighted by Crippen LogP contribution is -2.43. The first-order valence-corrected chi connectivity index (χ1v) is 8.80. The number of hydrogen-bond donors (Lipinski definition) is 1. The van der Waals surface area contributed by atoms with Crippen LogP contribution in [0, 0.1) is 6.92 Å². The molecule has 0 unspecified atom stereocenters. The molecular weight excluding hydrogens is 300 g/mol. The molecule has 1 amide bonds. The first-order chi connectivity index (χ1) is 11.5. The number of aromatic nitrogens is 1. The van der Waals surface area contributed by atoms with Gasteiger partial charge in [0.25, 0.3) is 0 Å². The van der Waals surface area contributed by atoms with Gasteiger partial charge < -0.3 is 15.1 Å². The van der Waals surface area contributed by atoms with Gasteiger partial charge in [-0.3, -0.25) is 4.57 Å². The van der Waals surface area contributed by atoms with E-state index in [2.05, 4.69) is 54.3 Å². The lowest BCUT2D eigenvalue weighted by atomic mass is 10.1. The standard InChI is InChI=1S/C19H28N4O/c1-15-5-6-18-17(13-15)16(7-11-21(2)3)14-23(18)19(24)20-8-12-22-9-4-10-22/h5-6,13-14H,4,7-12H2,1-3H3,(H,20,24). The van der Waals surface area contributed by atoms with Gasteiger partial charge in [0, 0.05) is 31.2 Å². The van der Waals surface area contributed by atoms with Crippen molar-refractivity contribution in [3.8, 4) is 0 Å². The minimum absolute atomic E-state index is 0.0273. The van der Waals surface area contributed by atoms with Crippen LogP contribution in [0.3, 0.4) is 0 Å². The molecule has 1 N–H and O–H groups in total. The SMILES string of the molecule is Cc1ccc2c(c1)c(CCN(C)C)cn2C(=O)NCCN1CCC1. The van der Waals surface area contributed by atoms with Crippen molar-refractivity contribution in [1.29, 1.82) is 0 Å². The molecule has 3 rings (SSSR count). The van der Waals surface area contributed by atoms with Crippen LogP contribution in [0.1, 0.15) is 17.5 Å². The minimum atomic E-state index is -0.0273. The van der Waals surface area contributed by atoms with E-state index in [4.69, 9.17) is 0 Å². The van der Waals surface area contributed by atoms with Gasteiger partial charge in [0.2, 0.25) is 0 Å². The number of rotatable bonds is 6. The highest BCUT2D eigenvalue weighted by Crippen LogP contribution is 2.23. The number of likely N-dealkylation sites (tertiary alicyclic amines) is 1. The second kappa shape index (κ2) is 7.36. The number of likely N-dealkylation sites (N-methyl/N-ethyl adjacent to an activating group) is 1. The van der Waals surface area contributed by atoms with Gasteiger partial charge in [-0.1, -0.05) is 11.6 Å². The highest BCUT2D eigenvalue weighted by molar-refractivity contribution is 5.94. The number of nitrogens with zero attached hydrogens (tertiary/aromatic N) is 3. The maximum atomic E-state index is 12.6. The molecule has 2 aromatic rings. The second-order valence-electron chi connectivity index (χ2n) is 7.03. The van der Waals surface area contributed by atoms with E-state index in [1.54, 1.807) is 4.57 Å². The molecule has 0 spiro atoms. The number of nitrogens with one attached hydrogen (secondary N) is 1. The molecular formula is C19H28N4O. The van der Waals surface area contributed by atoms with Crippen LogP contribution in [0.15, 0.2) is 24.4 Å². The Balaban J connectivity index is 1.76. The Labute approximate surface area is 144 Å². The summed E-state index contributed by atoms with van der Waals surface area (Å²) in [5, 5.41) is 4.24. The quantitative estimate of drug-likeness (QED) is 0.885. The molecule has 0 bridgehead atoms. The van der Waals surface area contributed by atoms with E-state index in [9.17, 15) is 4.79 Å². The Morgan fingerprint density at radius 3 is 2.75 bits per heavy atom. The summed E-state index contributed by atoms with van der Waals surface area (Å²) in [6.45, 7) is 7.05. The number of hydrogen-bond acceptors (Lipinski definition) is 3. The van der Waals surface area contributed by atoms with Crippen molar-refractivity contribution < 1.29 is 4.79 Å². The Morgan fingerprint density at radius 2 is 2.08 bits per heavy atom. The summed E-state index contributed by atoms with van der Waals surface area (Å²) in [6, 6.07) is 6.28. The summed E-state index contributed by atoms with van der Waals surface area (Å²) in [5.74, 6) is 0. The fourth-order valence-electron chi connectivity index (χ4n) is 3.13. The van der Waals surface area contributed by atoms with Crippen LogP contribution < -0.4 is 5.32 Å². The van der Waals surface area contributed by atoms with Crippen LogP contribution in [0.25, 0.3) is 10.9 Å². The second-order valence-corrected chi connectivity index (χ2v) is 7.03. The predicted molar refractivity (Wildman–Crippen MR) is 98.8 cm³/mol. The molecule has 1 fully saturated rings. The number of benzene rings is 1. The topological polar surface area (TPSA) is 40.5 Å². The van der Waals surface area contributed by atoms with E-state index < -0.39 is 0 Å². The third-order valence-corrected chi connectivity index (χ3v) is 4.74. The van der Waals surface area contributed by atoms with E-state index in [1.807, 2.05) is 6.20 Å². The van der Waals surface area contributed by atoms with Crippen molar-refractivity contribution in [3.05, 3.63) is 35.5 Å². The first-order valence-electron chi connectivity index (χ1n) is 8.80. The fourth-order valence-corrected chi connectivity index (χ4v) is 3.13. The molecule has 5 nitrogen and oxygen atoms in total. The van der Waals surface area contributed by atoms with Crippen LogP contribution in [0.2, 0.25) is 0 Å². The Kier molecular flexibility index (Phi) is 5.21. The average molecular weight is 328 g/mol. The van der Waals surface area contributed by atoms with Crippen molar-refractivity contribution in [2.45, 2.75) is 19.8 Å². The number of fused-ring (bicyclic) bond motifs is 1. The molecule has 0 atom stereocenters. The van der Waals surface area contributed by atoms with E-state index in [0.29, 0.717) is 6.54 Å². The molecule has 1 aliphatic rings. The Bertz CT molecular complexity index is 715. The van der Waals surface area contributed by atoms with Gasteiger partial charge in [-0.15, -0.1) is 0 Å². The van der Waals surface area contributed by atoms with Crippen LogP contribution >= 0.6 is 0 Å². The molecule has 1 aromatic carbocycles. The number of aryl methyl sites for hydroxylation is 1. The number of carbonyl (C=O) groups excluding carboxylic acids is 1. The lowest BCUT2D eigenvalue weighted by Gasteiger charge is -2.30. The molecule has 130 valence electrons. The zero-order valence-electron chi connectivity index (χ0n) is 15.0. The average Bonchev–Trinajstić information content (AvgIpc) is 2.85. The number of carbonyl (C=O) groups is 1. The zero-order chi connectivity index (χ0) is 17.1. The first kappa shape index (κ1) is 17.0. The fraction of sp³-hybridized carbons (Fsp3) is 0.526. The van der Waals surface area contributed by atoms with Gasteiger partial charge in [-0.05, 0) is 64.6 Å². The minimum Gasteiger partial charge on any atom is -0.336 e. The van der Waals surface area contributed by atoms with Gasteiger partial charge in [0.15, 0.2) is 0 Å². The largest absolute Gasteiger partial charge is 0.336 e. The molecule has 0 saturated carbocycles. The maximum Gasteiger partial charge on any atom is 0.326 e. The van der Waals surface area contributed by atoms with Crippen molar-refractivity contribution in [1.82, 2.24) is 19.7 Å². The highest BCUT2D eigenvalue weighted by Gasteiger charge is 2.16. The molecule has 24 heavy (non-hydrogen) atoms. The van der Waals surface area contributed by atoms with Crippen LogP contribution in [-0.2, 0) is 6.42 Å². The van der Waals surface area contributed by atoms with E-state index in [-0.39, 0.29) is 6.03 Å². The van der Waals surface area contributed by atoms with E-state index in [0.717, 1.165) is 38.1 Å². The highest BCUT2D eigenvalue weighted by atomic mass is 16.2. The molecule has 1 aromatic heterocycles. The smallest absolute Gasteiger partial charge is 0.326 e. The summed E-state index contributed by atoms with van der Waals surface area (Å²) in [6.07, 6.45) is 4.23. The Hall–Kier alpha value is -1.85. The summed E-state index contributed by atoms with van der Waals surface area (Å²) in [4.78, 5) is 17.1. The third-order valence-electron chi connectivity index (χ3n) is 4.74. The summed E-state index contributed by atoms with van der Waals surface area (Å²) in [5.41, 5.74) is 3.46.